The lowest BCUT2D eigenvalue weighted by atomic mass is 9.58. The fourth-order valence-corrected chi connectivity index (χ4v) is 2.64. The molecule has 3 unspecified atom stereocenters. The van der Waals surface area contributed by atoms with Crippen LogP contribution in [0, 0.1) is 17.8 Å². The molecule has 0 saturated heterocycles. The lowest BCUT2D eigenvalue weighted by molar-refractivity contribution is -0.0306. The van der Waals surface area contributed by atoms with Crippen LogP contribution >= 0.6 is 0 Å². The second-order valence-corrected chi connectivity index (χ2v) is 4.27. The quantitative estimate of drug-likeness (QED) is 0.616. The molecule has 1 nitrogen and oxygen atoms in total. The zero-order valence-electron chi connectivity index (χ0n) is 6.96. The van der Waals surface area contributed by atoms with Gasteiger partial charge in [-0.05, 0) is 43.9 Å². The van der Waals surface area contributed by atoms with Crippen molar-refractivity contribution >= 4 is 0 Å². The molecule has 0 aromatic heterocycles. The molecule has 2 bridgehead atoms. The van der Waals surface area contributed by atoms with E-state index in [9.17, 15) is 4.39 Å². The number of fused-ring (bicyclic) bond motifs is 2. The molecule has 3 aliphatic rings. The molecule has 3 saturated carbocycles. The highest BCUT2D eigenvalue weighted by Gasteiger charge is 2.47. The molecule has 3 rings (SSSR count). The summed E-state index contributed by atoms with van der Waals surface area (Å²) in [5, 5.41) is 0. The van der Waals surface area contributed by atoms with E-state index in [2.05, 4.69) is 0 Å². The minimum Gasteiger partial charge on any atom is -0.328 e. The Labute approximate surface area is 67.2 Å². The maximum absolute atomic E-state index is 13.2. The summed E-state index contributed by atoms with van der Waals surface area (Å²) in [6.45, 7) is 2.01. The van der Waals surface area contributed by atoms with Gasteiger partial charge in [-0.1, -0.05) is 0 Å². The third kappa shape index (κ3) is 1.08. The van der Waals surface area contributed by atoms with Crippen LogP contribution in [0.1, 0.15) is 26.2 Å². The second kappa shape index (κ2) is 2.44. The van der Waals surface area contributed by atoms with Gasteiger partial charge in [0.15, 0.2) is 0 Å². The summed E-state index contributed by atoms with van der Waals surface area (Å²) in [6, 6.07) is 0.194. The van der Waals surface area contributed by atoms with Crippen molar-refractivity contribution in [2.75, 3.05) is 0 Å². The topological polar surface area (TPSA) is 26.0 Å². The van der Waals surface area contributed by atoms with Gasteiger partial charge in [-0.15, -0.1) is 0 Å². The summed E-state index contributed by atoms with van der Waals surface area (Å²) in [6.07, 6.45) is 2.39. The smallest absolute Gasteiger partial charge is 0.103 e. The number of hydrogen-bond donors (Lipinski definition) is 1. The van der Waals surface area contributed by atoms with E-state index in [0.717, 1.165) is 25.2 Å². The Morgan fingerprint density at radius 1 is 1.27 bits per heavy atom. The van der Waals surface area contributed by atoms with Gasteiger partial charge in [0.05, 0.1) is 0 Å². The van der Waals surface area contributed by atoms with Crippen LogP contribution in [0.15, 0.2) is 0 Å². The van der Waals surface area contributed by atoms with Gasteiger partial charge in [-0.2, -0.15) is 0 Å². The lowest BCUT2D eigenvalue weighted by Crippen LogP contribution is -2.49. The standard InChI is InChI=1S/C9H16FN/c1-5(11)8-4-9(10)7-2-6(8)3-7/h5-9H,2-4,11H2,1H3. The SMILES string of the molecule is CC(N)C1CC(F)C2CC1C2. The predicted octanol–water partition coefficient (Wildman–Crippen LogP) is 1.72. The number of halogens is 1. The molecule has 0 radical (unpaired) electrons. The third-order valence-electron chi connectivity index (χ3n) is 3.50. The summed E-state index contributed by atoms with van der Waals surface area (Å²) in [4.78, 5) is 0. The minimum atomic E-state index is -0.545. The molecule has 64 valence electrons. The molecule has 3 atom stereocenters. The van der Waals surface area contributed by atoms with Crippen molar-refractivity contribution in [3.63, 3.8) is 0 Å². The number of hydrogen-bond acceptors (Lipinski definition) is 1. The van der Waals surface area contributed by atoms with E-state index in [1.807, 2.05) is 6.92 Å². The Morgan fingerprint density at radius 2 is 1.91 bits per heavy atom. The molecule has 0 spiro atoms. The van der Waals surface area contributed by atoms with Crippen molar-refractivity contribution in [3.05, 3.63) is 0 Å². The lowest BCUT2D eigenvalue weighted by Gasteiger charge is -2.49. The van der Waals surface area contributed by atoms with Gasteiger partial charge in [0.25, 0.3) is 0 Å². The highest BCUT2D eigenvalue weighted by molar-refractivity contribution is 4.97. The van der Waals surface area contributed by atoms with Crippen LogP contribution in [0.25, 0.3) is 0 Å². The zero-order valence-corrected chi connectivity index (χ0v) is 6.96. The molecule has 0 heterocycles. The van der Waals surface area contributed by atoms with Gasteiger partial charge in [0.2, 0.25) is 0 Å². The van der Waals surface area contributed by atoms with Gasteiger partial charge < -0.3 is 5.73 Å². The van der Waals surface area contributed by atoms with Crippen molar-refractivity contribution in [1.29, 1.82) is 0 Å². The molecular weight excluding hydrogens is 141 g/mol. The average Bonchev–Trinajstić information content (AvgIpc) is 1.83. The van der Waals surface area contributed by atoms with E-state index in [4.69, 9.17) is 5.73 Å². The first kappa shape index (κ1) is 7.53. The fourth-order valence-electron chi connectivity index (χ4n) is 2.64. The van der Waals surface area contributed by atoms with E-state index < -0.39 is 6.17 Å². The molecule has 3 fully saturated rings. The van der Waals surface area contributed by atoms with Crippen molar-refractivity contribution in [2.24, 2.45) is 23.5 Å². The van der Waals surface area contributed by atoms with Crippen LogP contribution in [0.2, 0.25) is 0 Å². The monoisotopic (exact) mass is 157 g/mol. The van der Waals surface area contributed by atoms with Crippen LogP contribution in [-0.2, 0) is 0 Å². The number of nitrogens with two attached hydrogens (primary N) is 1. The highest BCUT2D eigenvalue weighted by Crippen LogP contribution is 2.50. The molecule has 2 heteroatoms. The van der Waals surface area contributed by atoms with E-state index in [1.165, 1.54) is 0 Å². The molecular formula is C9H16FN. The Hall–Kier alpha value is -0.110. The first-order valence-electron chi connectivity index (χ1n) is 4.58. The van der Waals surface area contributed by atoms with Crippen molar-refractivity contribution in [1.82, 2.24) is 0 Å². The Bertz CT molecular complexity index is 152. The zero-order chi connectivity index (χ0) is 8.01. The van der Waals surface area contributed by atoms with Crippen LogP contribution < -0.4 is 5.73 Å². The molecule has 11 heavy (non-hydrogen) atoms. The normalized spacial score (nSPS) is 51.5. The Morgan fingerprint density at radius 3 is 2.27 bits per heavy atom. The van der Waals surface area contributed by atoms with Gasteiger partial charge in [-0.25, -0.2) is 4.39 Å². The second-order valence-electron chi connectivity index (χ2n) is 4.27. The first-order valence-corrected chi connectivity index (χ1v) is 4.58. The largest absolute Gasteiger partial charge is 0.328 e. The van der Waals surface area contributed by atoms with Crippen molar-refractivity contribution in [2.45, 2.75) is 38.4 Å². The molecule has 2 N–H and O–H groups in total. The summed E-state index contributed by atoms with van der Waals surface area (Å²) < 4.78 is 13.2. The number of rotatable bonds is 1. The van der Waals surface area contributed by atoms with Crippen LogP contribution in [0.5, 0.6) is 0 Å². The molecule has 0 amide bonds. The molecule has 0 aliphatic heterocycles. The van der Waals surface area contributed by atoms with Gasteiger partial charge >= 0.3 is 0 Å². The summed E-state index contributed by atoms with van der Waals surface area (Å²) in [7, 11) is 0. The van der Waals surface area contributed by atoms with Gasteiger partial charge in [-0.3, -0.25) is 0 Å². The maximum Gasteiger partial charge on any atom is 0.103 e. The third-order valence-corrected chi connectivity index (χ3v) is 3.50. The van der Waals surface area contributed by atoms with Crippen molar-refractivity contribution < 1.29 is 4.39 Å². The average molecular weight is 157 g/mol. The summed E-state index contributed by atoms with van der Waals surface area (Å²) >= 11 is 0. The van der Waals surface area contributed by atoms with Crippen molar-refractivity contribution in [3.8, 4) is 0 Å². The predicted molar refractivity (Wildman–Crippen MR) is 42.9 cm³/mol. The Kier molecular flexibility index (Phi) is 1.67. The van der Waals surface area contributed by atoms with E-state index >= 15 is 0 Å². The molecule has 0 aromatic carbocycles. The minimum absolute atomic E-state index is 0.194. The summed E-state index contributed by atoms with van der Waals surface area (Å²) in [5.74, 6) is 1.62. The van der Waals surface area contributed by atoms with E-state index in [0.29, 0.717) is 11.8 Å². The van der Waals surface area contributed by atoms with Gasteiger partial charge in [0.1, 0.15) is 6.17 Å². The van der Waals surface area contributed by atoms with Gasteiger partial charge in [0, 0.05) is 6.04 Å². The first-order chi connectivity index (χ1) is 5.18. The Balaban J connectivity index is 2.01. The molecule has 3 aliphatic carbocycles. The highest BCUT2D eigenvalue weighted by atomic mass is 19.1. The van der Waals surface area contributed by atoms with E-state index in [1.54, 1.807) is 0 Å². The number of alkyl halides is 1. The maximum atomic E-state index is 13.2. The molecule has 0 aromatic rings. The fraction of sp³-hybridized carbons (Fsp3) is 1.00. The summed E-state index contributed by atoms with van der Waals surface area (Å²) in [5.41, 5.74) is 5.78. The van der Waals surface area contributed by atoms with E-state index in [-0.39, 0.29) is 6.04 Å². The van der Waals surface area contributed by atoms with Crippen LogP contribution in [0.3, 0.4) is 0 Å². The van der Waals surface area contributed by atoms with Crippen LogP contribution in [-0.4, -0.2) is 12.2 Å². The van der Waals surface area contributed by atoms with Crippen LogP contribution in [0.4, 0.5) is 4.39 Å².